The van der Waals surface area contributed by atoms with E-state index in [2.05, 4.69) is 5.32 Å². The van der Waals surface area contributed by atoms with E-state index in [1.165, 1.54) is 6.07 Å². The lowest BCUT2D eigenvalue weighted by Gasteiger charge is -2.15. The van der Waals surface area contributed by atoms with E-state index in [4.69, 9.17) is 0 Å². The molecule has 0 radical (unpaired) electrons. The maximum atomic E-state index is 13.6. The summed E-state index contributed by atoms with van der Waals surface area (Å²) in [6.07, 6.45) is 1.58. The zero-order chi connectivity index (χ0) is 15.4. The molecule has 0 heterocycles. The van der Waals surface area contributed by atoms with Crippen molar-refractivity contribution in [3.05, 3.63) is 65.5 Å². The third-order valence-electron chi connectivity index (χ3n) is 3.17. The summed E-state index contributed by atoms with van der Waals surface area (Å²) in [4.78, 5) is 12.8. The first-order valence-corrected chi connectivity index (χ1v) is 8.03. The number of rotatable bonds is 4. The molecule has 21 heavy (non-hydrogen) atoms. The molecular weight excluding hydrogens is 289 g/mol. The summed E-state index contributed by atoms with van der Waals surface area (Å²) in [7, 11) is -1.08. The third-order valence-corrected chi connectivity index (χ3v) is 4.10. The molecule has 0 saturated heterocycles. The van der Waals surface area contributed by atoms with Gasteiger partial charge in [-0.25, -0.2) is 4.39 Å². The molecule has 0 aromatic heterocycles. The maximum absolute atomic E-state index is 13.6. The summed E-state index contributed by atoms with van der Waals surface area (Å²) in [6.45, 7) is 1.73. The summed E-state index contributed by atoms with van der Waals surface area (Å²) in [6, 6.07) is 12.4. The Labute approximate surface area is 125 Å². The molecule has 0 aliphatic rings. The molecule has 2 atom stereocenters. The van der Waals surface area contributed by atoms with Crippen LogP contribution < -0.4 is 5.32 Å². The maximum Gasteiger partial charge on any atom is 0.251 e. The van der Waals surface area contributed by atoms with Crippen molar-refractivity contribution >= 4 is 16.7 Å². The molecule has 5 heteroatoms. The Morgan fingerprint density at radius 1 is 1.14 bits per heavy atom. The van der Waals surface area contributed by atoms with Crippen molar-refractivity contribution in [3.8, 4) is 0 Å². The third kappa shape index (κ3) is 3.76. The van der Waals surface area contributed by atoms with Gasteiger partial charge in [-0.3, -0.25) is 9.00 Å². The first-order valence-electron chi connectivity index (χ1n) is 6.48. The van der Waals surface area contributed by atoms with Gasteiger partial charge in [-0.05, 0) is 37.3 Å². The number of hydrogen-bond donors (Lipinski definition) is 1. The van der Waals surface area contributed by atoms with E-state index < -0.39 is 16.8 Å². The van der Waals surface area contributed by atoms with Crippen molar-refractivity contribution in [2.75, 3.05) is 6.26 Å². The molecule has 0 bridgehead atoms. The number of carbonyl (C=O) groups excluding carboxylic acids is 1. The largest absolute Gasteiger partial charge is 0.345 e. The van der Waals surface area contributed by atoms with Crippen molar-refractivity contribution in [2.24, 2.45) is 0 Å². The summed E-state index contributed by atoms with van der Waals surface area (Å²) in [5.41, 5.74) is 0.893. The standard InChI is InChI=1S/C16H16FNO2S/c1-11(14-5-3-4-6-15(14)17)18-16(19)12-7-9-13(10-8-12)21(2)20/h3-11H,1-2H3,(H,18,19)/t11-,21-/m0/s1. The predicted molar refractivity (Wildman–Crippen MR) is 81.1 cm³/mol. The van der Waals surface area contributed by atoms with Gasteiger partial charge in [0.05, 0.1) is 6.04 Å². The Balaban J connectivity index is 2.11. The number of hydrogen-bond acceptors (Lipinski definition) is 2. The first-order chi connectivity index (χ1) is 9.99. The van der Waals surface area contributed by atoms with Gasteiger partial charge in [-0.15, -0.1) is 0 Å². The molecule has 0 saturated carbocycles. The summed E-state index contributed by atoms with van der Waals surface area (Å²) in [5.74, 6) is -0.638. The van der Waals surface area contributed by atoms with Crippen LogP contribution in [0.1, 0.15) is 28.9 Å². The van der Waals surface area contributed by atoms with Crippen molar-refractivity contribution < 1.29 is 13.4 Å². The van der Waals surface area contributed by atoms with Crippen LogP contribution in [0.3, 0.4) is 0 Å². The molecule has 0 aliphatic heterocycles. The van der Waals surface area contributed by atoms with Crippen molar-refractivity contribution in [2.45, 2.75) is 17.9 Å². The van der Waals surface area contributed by atoms with E-state index in [0.29, 0.717) is 16.0 Å². The second kappa shape index (κ2) is 6.63. The van der Waals surface area contributed by atoms with E-state index in [9.17, 15) is 13.4 Å². The van der Waals surface area contributed by atoms with Gasteiger partial charge >= 0.3 is 0 Å². The zero-order valence-corrected chi connectivity index (χ0v) is 12.6. The van der Waals surface area contributed by atoms with E-state index in [1.807, 2.05) is 0 Å². The number of halogens is 1. The quantitative estimate of drug-likeness (QED) is 0.943. The number of nitrogens with one attached hydrogen (secondary N) is 1. The molecule has 0 aliphatic carbocycles. The van der Waals surface area contributed by atoms with Gasteiger partial charge in [0.15, 0.2) is 0 Å². The predicted octanol–water partition coefficient (Wildman–Crippen LogP) is 3.05. The fraction of sp³-hybridized carbons (Fsp3) is 0.188. The Morgan fingerprint density at radius 2 is 1.76 bits per heavy atom. The molecule has 3 nitrogen and oxygen atoms in total. The van der Waals surface area contributed by atoms with E-state index in [-0.39, 0.29) is 11.7 Å². The van der Waals surface area contributed by atoms with Gasteiger partial charge in [0.25, 0.3) is 5.91 Å². The Morgan fingerprint density at radius 3 is 2.33 bits per heavy atom. The molecular formula is C16H16FNO2S. The molecule has 2 aromatic carbocycles. The molecule has 2 rings (SSSR count). The summed E-state index contributed by atoms with van der Waals surface area (Å²) >= 11 is 0. The Bertz CT molecular complexity index is 670. The fourth-order valence-electron chi connectivity index (χ4n) is 1.98. The first kappa shape index (κ1) is 15.4. The molecule has 110 valence electrons. The second-order valence-electron chi connectivity index (χ2n) is 4.70. The van der Waals surface area contributed by atoms with Gasteiger partial charge < -0.3 is 5.32 Å². The monoisotopic (exact) mass is 305 g/mol. The molecule has 2 aromatic rings. The van der Waals surface area contributed by atoms with Crippen LogP contribution in [0.2, 0.25) is 0 Å². The number of benzene rings is 2. The van der Waals surface area contributed by atoms with Gasteiger partial charge in [-0.1, -0.05) is 18.2 Å². The zero-order valence-electron chi connectivity index (χ0n) is 11.8. The minimum Gasteiger partial charge on any atom is -0.345 e. The highest BCUT2D eigenvalue weighted by atomic mass is 32.2. The SMILES string of the molecule is C[C@H](NC(=O)c1ccc([S@](C)=O)cc1)c1ccccc1F. The van der Waals surface area contributed by atoms with Crippen LogP contribution in [-0.4, -0.2) is 16.4 Å². The normalized spacial score (nSPS) is 13.5. The number of amides is 1. The van der Waals surface area contributed by atoms with Crippen LogP contribution in [0.25, 0.3) is 0 Å². The van der Waals surface area contributed by atoms with Crippen molar-refractivity contribution in [1.82, 2.24) is 5.32 Å². The lowest BCUT2D eigenvalue weighted by Crippen LogP contribution is -2.27. The molecule has 0 fully saturated rings. The van der Waals surface area contributed by atoms with Gasteiger partial charge in [0, 0.05) is 33.1 Å². The molecule has 0 unspecified atom stereocenters. The highest BCUT2D eigenvalue weighted by Crippen LogP contribution is 2.17. The smallest absolute Gasteiger partial charge is 0.251 e. The van der Waals surface area contributed by atoms with Crippen LogP contribution in [-0.2, 0) is 10.8 Å². The van der Waals surface area contributed by atoms with Crippen LogP contribution in [0.4, 0.5) is 4.39 Å². The lowest BCUT2D eigenvalue weighted by molar-refractivity contribution is 0.0939. The van der Waals surface area contributed by atoms with E-state index in [0.717, 1.165) is 0 Å². The van der Waals surface area contributed by atoms with Crippen LogP contribution >= 0.6 is 0 Å². The van der Waals surface area contributed by atoms with Crippen LogP contribution in [0.15, 0.2) is 53.4 Å². The second-order valence-corrected chi connectivity index (χ2v) is 6.07. The van der Waals surface area contributed by atoms with Crippen LogP contribution in [0, 0.1) is 5.82 Å². The molecule has 1 amide bonds. The highest BCUT2D eigenvalue weighted by molar-refractivity contribution is 7.84. The summed E-state index contributed by atoms with van der Waals surface area (Å²) in [5, 5.41) is 2.75. The Hall–Kier alpha value is -2.01. The van der Waals surface area contributed by atoms with Crippen molar-refractivity contribution in [1.29, 1.82) is 0 Å². The lowest BCUT2D eigenvalue weighted by atomic mass is 10.1. The van der Waals surface area contributed by atoms with Crippen molar-refractivity contribution in [3.63, 3.8) is 0 Å². The average Bonchev–Trinajstić information content (AvgIpc) is 2.47. The van der Waals surface area contributed by atoms with Gasteiger partial charge in [-0.2, -0.15) is 0 Å². The van der Waals surface area contributed by atoms with Gasteiger partial charge in [0.2, 0.25) is 0 Å². The minimum atomic E-state index is -1.08. The average molecular weight is 305 g/mol. The number of carbonyl (C=O) groups is 1. The minimum absolute atomic E-state index is 0.292. The van der Waals surface area contributed by atoms with Gasteiger partial charge in [0.1, 0.15) is 5.82 Å². The van der Waals surface area contributed by atoms with Crippen LogP contribution in [0.5, 0.6) is 0 Å². The Kier molecular flexibility index (Phi) is 4.85. The highest BCUT2D eigenvalue weighted by Gasteiger charge is 2.14. The molecule has 0 spiro atoms. The van der Waals surface area contributed by atoms with E-state index in [1.54, 1.807) is 55.6 Å². The fourth-order valence-corrected chi connectivity index (χ4v) is 2.50. The molecule has 1 N–H and O–H groups in total. The summed E-state index contributed by atoms with van der Waals surface area (Å²) < 4.78 is 24.9. The van der Waals surface area contributed by atoms with E-state index >= 15 is 0 Å². The topological polar surface area (TPSA) is 46.2 Å².